The molecule has 0 amide bonds. The summed E-state index contributed by atoms with van der Waals surface area (Å²) in [7, 11) is 0. The lowest BCUT2D eigenvalue weighted by Crippen LogP contribution is -2.25. The lowest BCUT2D eigenvalue weighted by atomic mass is 9.70. The van der Waals surface area contributed by atoms with Crippen molar-refractivity contribution in [3.8, 4) is 67.5 Å². The molecule has 7 aromatic carbocycles. The van der Waals surface area contributed by atoms with E-state index in [-0.39, 0.29) is 0 Å². The summed E-state index contributed by atoms with van der Waals surface area (Å²) in [5, 5.41) is 0. The van der Waals surface area contributed by atoms with Crippen molar-refractivity contribution in [1.82, 2.24) is 15.0 Å². The summed E-state index contributed by atoms with van der Waals surface area (Å²) in [6, 6.07) is 59.7. The topological polar surface area (TPSA) is 65.0 Å². The van der Waals surface area contributed by atoms with Gasteiger partial charge in [0.2, 0.25) is 11.8 Å². The molecule has 5 nitrogen and oxygen atoms in total. The van der Waals surface area contributed by atoms with Gasteiger partial charge in [0.15, 0.2) is 11.2 Å². The number of benzene rings is 7. The van der Waals surface area contributed by atoms with E-state index in [1.165, 1.54) is 44.5 Å². The van der Waals surface area contributed by atoms with Gasteiger partial charge in [-0.25, -0.2) is 9.97 Å². The van der Waals surface area contributed by atoms with Gasteiger partial charge in [0.05, 0.1) is 11.1 Å². The number of pyridine rings is 1. The van der Waals surface area contributed by atoms with Crippen molar-refractivity contribution < 1.29 is 8.83 Å². The molecule has 0 fully saturated rings. The minimum atomic E-state index is -0.394. The second kappa shape index (κ2) is 11.3. The predicted molar refractivity (Wildman–Crippen MR) is 217 cm³/mol. The van der Waals surface area contributed by atoms with Gasteiger partial charge < -0.3 is 8.83 Å². The molecule has 0 atom stereocenters. The monoisotopic (exact) mass is 703 g/mol. The van der Waals surface area contributed by atoms with Crippen LogP contribution in [0, 0.1) is 0 Å². The predicted octanol–water partition coefficient (Wildman–Crippen LogP) is 12.4. The average molecular weight is 704 g/mol. The first-order chi connectivity index (χ1) is 27.2. The lowest BCUT2D eigenvalue weighted by molar-refractivity contribution is 0.617. The van der Waals surface area contributed by atoms with Crippen LogP contribution in [-0.4, -0.2) is 15.0 Å². The first kappa shape index (κ1) is 30.1. The molecule has 0 N–H and O–H groups in total. The van der Waals surface area contributed by atoms with E-state index in [2.05, 4.69) is 115 Å². The van der Waals surface area contributed by atoms with Crippen LogP contribution in [0.5, 0.6) is 0 Å². The van der Waals surface area contributed by atoms with Gasteiger partial charge >= 0.3 is 0 Å². The third-order valence-electron chi connectivity index (χ3n) is 11.4. The summed E-state index contributed by atoms with van der Waals surface area (Å²) in [5.41, 5.74) is 18.7. The van der Waals surface area contributed by atoms with Gasteiger partial charge in [-0.05, 0) is 105 Å². The fourth-order valence-electron chi connectivity index (χ4n) is 9.02. The van der Waals surface area contributed by atoms with E-state index in [4.69, 9.17) is 23.8 Å². The Kier molecular flexibility index (Phi) is 6.20. The SMILES string of the molecule is c1ccc2c(c1)-c1ccccc1C21c2ccccc2-c2ccc(-c3ccc(-c4cc(-c5nc6ccccc6o5)cc(-c5nc6ccccc6o5)c4)nc3)cc21. The van der Waals surface area contributed by atoms with Crippen LogP contribution in [-0.2, 0) is 5.41 Å². The number of para-hydroxylation sites is 4. The van der Waals surface area contributed by atoms with E-state index in [0.29, 0.717) is 11.8 Å². The highest BCUT2D eigenvalue weighted by Gasteiger charge is 2.51. The third-order valence-corrected chi connectivity index (χ3v) is 11.4. The first-order valence-electron chi connectivity index (χ1n) is 18.5. The fraction of sp³-hybridized carbons (Fsp3) is 0.0200. The number of nitrogens with zero attached hydrogens (tertiary/aromatic N) is 3. The molecular formula is C50H29N3O2. The van der Waals surface area contributed by atoms with E-state index >= 15 is 0 Å². The van der Waals surface area contributed by atoms with Crippen LogP contribution >= 0.6 is 0 Å². The molecule has 3 heterocycles. The Morgan fingerprint density at radius 2 is 0.836 bits per heavy atom. The largest absolute Gasteiger partial charge is 0.436 e. The smallest absolute Gasteiger partial charge is 0.227 e. The van der Waals surface area contributed by atoms with Crippen LogP contribution < -0.4 is 0 Å². The van der Waals surface area contributed by atoms with Gasteiger partial charge in [-0.15, -0.1) is 0 Å². The van der Waals surface area contributed by atoms with Crippen LogP contribution in [0.25, 0.3) is 89.7 Å². The molecule has 0 saturated heterocycles. The van der Waals surface area contributed by atoms with Gasteiger partial charge in [0.1, 0.15) is 11.0 Å². The van der Waals surface area contributed by atoms with Gasteiger partial charge in [0.25, 0.3) is 0 Å². The molecule has 0 unspecified atom stereocenters. The van der Waals surface area contributed by atoms with Crippen molar-refractivity contribution >= 4 is 22.2 Å². The van der Waals surface area contributed by atoms with Gasteiger partial charge in [0, 0.05) is 28.5 Å². The molecule has 0 saturated carbocycles. The second-order valence-electron chi connectivity index (χ2n) is 14.4. The van der Waals surface area contributed by atoms with Crippen molar-refractivity contribution in [3.05, 3.63) is 198 Å². The Morgan fingerprint density at radius 1 is 0.364 bits per heavy atom. The molecule has 0 bridgehead atoms. The number of fused-ring (bicyclic) bond motifs is 12. The van der Waals surface area contributed by atoms with Crippen molar-refractivity contribution in [1.29, 1.82) is 0 Å². The molecule has 5 heteroatoms. The van der Waals surface area contributed by atoms with E-state index < -0.39 is 5.41 Å². The number of hydrogen-bond acceptors (Lipinski definition) is 5. The zero-order chi connectivity index (χ0) is 36.1. The Balaban J connectivity index is 0.987. The summed E-state index contributed by atoms with van der Waals surface area (Å²) >= 11 is 0. The van der Waals surface area contributed by atoms with E-state index in [0.717, 1.165) is 55.7 Å². The third kappa shape index (κ3) is 4.32. The molecule has 55 heavy (non-hydrogen) atoms. The molecule has 3 aromatic heterocycles. The van der Waals surface area contributed by atoms with Crippen LogP contribution in [0.2, 0.25) is 0 Å². The summed E-state index contributed by atoms with van der Waals surface area (Å²) in [5.74, 6) is 1.06. The number of rotatable bonds is 4. The molecule has 1 spiro atoms. The van der Waals surface area contributed by atoms with Crippen molar-refractivity contribution in [2.45, 2.75) is 5.41 Å². The van der Waals surface area contributed by atoms with E-state index in [1.807, 2.05) is 60.8 Å². The summed E-state index contributed by atoms with van der Waals surface area (Å²) in [6.45, 7) is 0. The Labute approximate surface area is 316 Å². The molecule has 0 radical (unpaired) electrons. The van der Waals surface area contributed by atoms with E-state index in [1.54, 1.807) is 0 Å². The molecule has 0 aliphatic heterocycles. The Hall–Kier alpha value is -7.37. The number of oxazole rings is 2. The van der Waals surface area contributed by atoms with Crippen molar-refractivity contribution in [2.24, 2.45) is 0 Å². The highest BCUT2D eigenvalue weighted by atomic mass is 16.4. The maximum Gasteiger partial charge on any atom is 0.227 e. The van der Waals surface area contributed by atoms with Crippen molar-refractivity contribution in [2.75, 3.05) is 0 Å². The molecule has 10 aromatic rings. The normalized spacial score (nSPS) is 13.2. The molecule has 2 aliphatic carbocycles. The highest BCUT2D eigenvalue weighted by molar-refractivity contribution is 5.96. The number of hydrogen-bond donors (Lipinski definition) is 0. The molecule has 256 valence electrons. The minimum absolute atomic E-state index is 0.394. The maximum absolute atomic E-state index is 6.23. The summed E-state index contributed by atoms with van der Waals surface area (Å²) < 4.78 is 12.5. The van der Waals surface area contributed by atoms with Gasteiger partial charge in [-0.2, -0.15) is 0 Å². The van der Waals surface area contributed by atoms with Gasteiger partial charge in [-0.1, -0.05) is 115 Å². The van der Waals surface area contributed by atoms with E-state index in [9.17, 15) is 0 Å². The minimum Gasteiger partial charge on any atom is -0.436 e. The fourth-order valence-corrected chi connectivity index (χ4v) is 9.02. The number of aromatic nitrogens is 3. The second-order valence-corrected chi connectivity index (χ2v) is 14.4. The average Bonchev–Trinajstić information content (AvgIpc) is 4.02. The zero-order valence-electron chi connectivity index (χ0n) is 29.4. The van der Waals surface area contributed by atoms with Crippen LogP contribution in [0.1, 0.15) is 22.3 Å². The maximum atomic E-state index is 6.23. The van der Waals surface area contributed by atoms with Gasteiger partial charge in [-0.3, -0.25) is 4.98 Å². The van der Waals surface area contributed by atoms with Crippen LogP contribution in [0.4, 0.5) is 0 Å². The van der Waals surface area contributed by atoms with Crippen LogP contribution in [0.15, 0.2) is 185 Å². The summed E-state index contributed by atoms with van der Waals surface area (Å²) in [4.78, 5) is 14.7. The molecule has 2 aliphatic rings. The van der Waals surface area contributed by atoms with Crippen molar-refractivity contribution in [3.63, 3.8) is 0 Å². The quantitative estimate of drug-likeness (QED) is 0.183. The highest BCUT2D eigenvalue weighted by Crippen LogP contribution is 2.63. The lowest BCUT2D eigenvalue weighted by Gasteiger charge is -2.30. The zero-order valence-corrected chi connectivity index (χ0v) is 29.4. The standard InChI is InChI=1S/C50H29N3O2/c1-4-14-39-35(11-1)36-12-2-5-15-40(36)50(39)41-16-6-3-13-37(41)38-23-21-30(28-42(38)50)31-22-24-43(51-29-31)32-25-33(48-52-44-17-7-9-19-46(44)54-48)27-34(26-32)49-53-45-18-8-10-20-47(45)55-49/h1-29H. The molecular weight excluding hydrogens is 675 g/mol. The Morgan fingerprint density at radius 3 is 1.36 bits per heavy atom. The first-order valence-corrected chi connectivity index (χ1v) is 18.5. The summed E-state index contributed by atoms with van der Waals surface area (Å²) in [6.07, 6.45) is 1.98. The van der Waals surface area contributed by atoms with Crippen LogP contribution in [0.3, 0.4) is 0 Å². The Bertz CT molecular complexity index is 2950. The molecule has 12 rings (SSSR count).